The van der Waals surface area contributed by atoms with Gasteiger partial charge in [-0.1, -0.05) is 28.8 Å². The van der Waals surface area contributed by atoms with Crippen molar-refractivity contribution in [2.75, 3.05) is 11.9 Å². The van der Waals surface area contributed by atoms with Crippen molar-refractivity contribution in [2.45, 2.75) is 82.0 Å². The summed E-state index contributed by atoms with van der Waals surface area (Å²) in [5.74, 6) is 0.844. The van der Waals surface area contributed by atoms with Crippen LogP contribution >= 0.6 is 15.9 Å². The van der Waals surface area contributed by atoms with Crippen LogP contribution in [0.1, 0.15) is 64.2 Å². The maximum atomic E-state index is 6.57. The molecular weight excluding hydrogens is 316 g/mol. The van der Waals surface area contributed by atoms with Crippen LogP contribution in [-0.2, 0) is 9.47 Å². The average molecular weight is 343 g/mol. The molecule has 1 spiro atoms. The molecule has 2 aliphatic carbocycles. The highest BCUT2D eigenvalue weighted by molar-refractivity contribution is 9.09. The molecule has 20 heavy (non-hydrogen) atoms. The Morgan fingerprint density at radius 2 is 1.80 bits per heavy atom. The fourth-order valence-corrected chi connectivity index (χ4v) is 5.87. The summed E-state index contributed by atoms with van der Waals surface area (Å²) in [5, 5.41) is 1.09. The summed E-state index contributed by atoms with van der Waals surface area (Å²) in [7, 11) is 0. The quantitative estimate of drug-likeness (QED) is 0.702. The number of hydrogen-bond acceptors (Lipinski definition) is 2. The maximum absolute atomic E-state index is 6.57. The van der Waals surface area contributed by atoms with Gasteiger partial charge in [-0.05, 0) is 57.3 Å². The van der Waals surface area contributed by atoms with Crippen LogP contribution < -0.4 is 0 Å². The van der Waals surface area contributed by atoms with Gasteiger partial charge in [0, 0.05) is 17.4 Å². The lowest BCUT2D eigenvalue weighted by Crippen LogP contribution is -2.38. The van der Waals surface area contributed by atoms with Gasteiger partial charge in [-0.25, -0.2) is 0 Å². The summed E-state index contributed by atoms with van der Waals surface area (Å²) in [6.07, 6.45) is 14.2. The largest absolute Gasteiger partial charge is 0.377 e. The predicted molar refractivity (Wildman–Crippen MR) is 83.2 cm³/mol. The molecule has 0 amide bonds. The topological polar surface area (TPSA) is 18.5 Å². The lowest BCUT2D eigenvalue weighted by Gasteiger charge is -2.35. The third-order valence-electron chi connectivity index (χ3n) is 6.30. The van der Waals surface area contributed by atoms with Crippen LogP contribution in [0.4, 0.5) is 0 Å². The van der Waals surface area contributed by atoms with Gasteiger partial charge in [0.25, 0.3) is 0 Å². The van der Waals surface area contributed by atoms with Crippen molar-refractivity contribution < 1.29 is 9.47 Å². The van der Waals surface area contributed by atoms with E-state index in [1.54, 1.807) is 0 Å². The van der Waals surface area contributed by atoms with Gasteiger partial charge in [0.05, 0.1) is 17.8 Å². The van der Waals surface area contributed by atoms with E-state index < -0.39 is 0 Å². The molecule has 2 aliphatic heterocycles. The zero-order valence-corrected chi connectivity index (χ0v) is 14.0. The first-order valence-corrected chi connectivity index (χ1v) is 9.73. The Kier molecular flexibility index (Phi) is 3.67. The van der Waals surface area contributed by atoms with Crippen LogP contribution in [0.15, 0.2) is 0 Å². The van der Waals surface area contributed by atoms with Crippen molar-refractivity contribution >= 4 is 15.9 Å². The molecule has 3 unspecified atom stereocenters. The van der Waals surface area contributed by atoms with Gasteiger partial charge in [-0.15, -0.1) is 0 Å². The summed E-state index contributed by atoms with van der Waals surface area (Å²) >= 11 is 3.82. The van der Waals surface area contributed by atoms with Crippen LogP contribution in [0, 0.1) is 11.3 Å². The molecule has 0 aromatic carbocycles. The standard InChI is InChI=1S/C17H27BrO2/c18-12-16(9-10-19-15(16)13-3-4-13)11-14-5-8-17(20-14)6-1-2-7-17/h13-15H,1-12H2. The van der Waals surface area contributed by atoms with Crippen molar-refractivity contribution in [1.82, 2.24) is 0 Å². The van der Waals surface area contributed by atoms with E-state index in [2.05, 4.69) is 15.9 Å². The molecule has 3 heteroatoms. The molecule has 0 aromatic rings. The summed E-state index contributed by atoms with van der Waals surface area (Å²) in [5.41, 5.74) is 0.642. The fourth-order valence-electron chi connectivity index (χ4n) is 5.04. The highest BCUT2D eigenvalue weighted by Gasteiger charge is 2.53. The second-order valence-electron chi connectivity index (χ2n) is 7.75. The van der Waals surface area contributed by atoms with E-state index in [-0.39, 0.29) is 5.60 Å². The minimum atomic E-state index is 0.284. The second kappa shape index (κ2) is 5.24. The predicted octanol–water partition coefficient (Wildman–Crippen LogP) is 4.45. The molecule has 4 rings (SSSR count). The molecular formula is C17H27BrO2. The molecule has 0 N–H and O–H groups in total. The molecule has 4 fully saturated rings. The van der Waals surface area contributed by atoms with Gasteiger partial charge in [-0.3, -0.25) is 0 Å². The van der Waals surface area contributed by atoms with Gasteiger partial charge in [0.1, 0.15) is 0 Å². The van der Waals surface area contributed by atoms with E-state index in [0.717, 1.165) is 17.9 Å². The van der Waals surface area contributed by atoms with Crippen molar-refractivity contribution in [3.05, 3.63) is 0 Å². The number of ether oxygens (including phenoxy) is 2. The maximum Gasteiger partial charge on any atom is 0.0687 e. The summed E-state index contributed by atoms with van der Waals surface area (Å²) in [6.45, 7) is 0.963. The summed E-state index contributed by atoms with van der Waals surface area (Å²) in [6, 6.07) is 0. The Labute approximate surface area is 131 Å². The highest BCUT2D eigenvalue weighted by atomic mass is 79.9. The third kappa shape index (κ3) is 2.38. The van der Waals surface area contributed by atoms with E-state index in [4.69, 9.17) is 9.47 Å². The van der Waals surface area contributed by atoms with Crippen molar-refractivity contribution in [2.24, 2.45) is 11.3 Å². The Morgan fingerprint density at radius 1 is 1.00 bits per heavy atom. The zero-order chi connectivity index (χ0) is 13.6. The first-order valence-electron chi connectivity index (χ1n) is 8.61. The van der Waals surface area contributed by atoms with E-state index in [1.165, 1.54) is 64.2 Å². The summed E-state index contributed by atoms with van der Waals surface area (Å²) < 4.78 is 12.7. The Hall–Kier alpha value is 0.400. The molecule has 0 aromatic heterocycles. The van der Waals surface area contributed by atoms with Crippen molar-refractivity contribution in [3.63, 3.8) is 0 Å². The third-order valence-corrected chi connectivity index (χ3v) is 7.42. The smallest absolute Gasteiger partial charge is 0.0687 e. The second-order valence-corrected chi connectivity index (χ2v) is 8.31. The fraction of sp³-hybridized carbons (Fsp3) is 1.00. The Balaban J connectivity index is 1.44. The molecule has 4 aliphatic rings. The van der Waals surface area contributed by atoms with Gasteiger partial charge in [0.2, 0.25) is 0 Å². The zero-order valence-electron chi connectivity index (χ0n) is 12.4. The van der Waals surface area contributed by atoms with Crippen LogP contribution in [0.2, 0.25) is 0 Å². The molecule has 2 saturated heterocycles. The van der Waals surface area contributed by atoms with Crippen LogP contribution in [0.5, 0.6) is 0 Å². The molecule has 3 atom stereocenters. The molecule has 2 heterocycles. The van der Waals surface area contributed by atoms with Gasteiger partial charge in [0.15, 0.2) is 0 Å². The van der Waals surface area contributed by atoms with E-state index in [1.807, 2.05) is 0 Å². The monoisotopic (exact) mass is 342 g/mol. The van der Waals surface area contributed by atoms with Crippen LogP contribution in [-0.4, -0.2) is 29.7 Å². The van der Waals surface area contributed by atoms with E-state index >= 15 is 0 Å². The normalized spacial score (nSPS) is 43.6. The minimum absolute atomic E-state index is 0.284. The number of alkyl halides is 1. The SMILES string of the molecule is BrCC1(CC2CCC3(CCCC3)O2)CCOC1C1CC1. The molecule has 2 nitrogen and oxygen atoms in total. The number of hydrogen-bond donors (Lipinski definition) is 0. The van der Waals surface area contributed by atoms with Crippen molar-refractivity contribution in [3.8, 4) is 0 Å². The van der Waals surface area contributed by atoms with E-state index in [9.17, 15) is 0 Å². The van der Waals surface area contributed by atoms with E-state index in [0.29, 0.717) is 17.6 Å². The van der Waals surface area contributed by atoms with Crippen molar-refractivity contribution in [1.29, 1.82) is 0 Å². The Bertz CT molecular complexity index is 362. The molecule has 0 radical (unpaired) electrons. The Morgan fingerprint density at radius 3 is 2.50 bits per heavy atom. The number of halogens is 1. The lowest BCUT2D eigenvalue weighted by atomic mass is 9.76. The minimum Gasteiger partial charge on any atom is -0.377 e. The van der Waals surface area contributed by atoms with Crippen LogP contribution in [0.25, 0.3) is 0 Å². The number of rotatable bonds is 4. The van der Waals surface area contributed by atoms with Gasteiger partial charge >= 0.3 is 0 Å². The lowest BCUT2D eigenvalue weighted by molar-refractivity contribution is -0.0618. The molecule has 0 bridgehead atoms. The van der Waals surface area contributed by atoms with Gasteiger partial charge < -0.3 is 9.47 Å². The molecule has 114 valence electrons. The first-order chi connectivity index (χ1) is 9.75. The van der Waals surface area contributed by atoms with Crippen LogP contribution in [0.3, 0.4) is 0 Å². The first kappa shape index (κ1) is 14.0. The average Bonchev–Trinajstić information content (AvgIpc) is 2.89. The summed E-state index contributed by atoms with van der Waals surface area (Å²) in [4.78, 5) is 0. The van der Waals surface area contributed by atoms with Gasteiger partial charge in [-0.2, -0.15) is 0 Å². The molecule has 2 saturated carbocycles. The highest BCUT2D eigenvalue weighted by Crippen LogP contribution is 2.53.